The van der Waals surface area contributed by atoms with Gasteiger partial charge in [0, 0.05) is 12.1 Å². The van der Waals surface area contributed by atoms with Crippen molar-refractivity contribution in [3.05, 3.63) is 33.8 Å². The van der Waals surface area contributed by atoms with Crippen LogP contribution in [-0.2, 0) is 6.54 Å². The molecule has 0 heterocycles. The first-order chi connectivity index (χ1) is 9.52. The normalized spacial score (nSPS) is 11.3. The Balaban J connectivity index is 2.17. The molecule has 0 radical (unpaired) electrons. The fraction of sp³-hybridized carbons (Fsp3) is 0.625. The van der Waals surface area contributed by atoms with Crippen LogP contribution in [0, 0.1) is 17.6 Å². The maximum absolute atomic E-state index is 13.7. The zero-order chi connectivity index (χ0) is 15.0. The smallest absolute Gasteiger partial charge is 0.144 e. The summed E-state index contributed by atoms with van der Waals surface area (Å²) in [5.41, 5.74) is 0.110. The van der Waals surface area contributed by atoms with Crippen molar-refractivity contribution in [2.24, 2.45) is 5.92 Å². The predicted octanol–water partition coefficient (Wildman–Crippen LogP) is 5.42. The monoisotopic (exact) mass is 347 g/mol. The molecule has 0 unspecified atom stereocenters. The summed E-state index contributed by atoms with van der Waals surface area (Å²) in [6, 6.07) is 2.68. The van der Waals surface area contributed by atoms with E-state index in [9.17, 15) is 8.78 Å². The molecule has 0 saturated heterocycles. The Morgan fingerprint density at radius 3 is 2.50 bits per heavy atom. The fourth-order valence-corrected chi connectivity index (χ4v) is 2.47. The minimum absolute atomic E-state index is 0.110. The van der Waals surface area contributed by atoms with E-state index in [1.54, 1.807) is 0 Å². The number of nitrogens with one attached hydrogen (secondary N) is 1. The molecule has 1 nitrogen and oxygen atoms in total. The Morgan fingerprint density at radius 2 is 1.80 bits per heavy atom. The van der Waals surface area contributed by atoms with E-state index in [4.69, 9.17) is 0 Å². The average Bonchev–Trinajstić information content (AvgIpc) is 2.40. The van der Waals surface area contributed by atoms with Crippen LogP contribution in [0.25, 0.3) is 0 Å². The third kappa shape index (κ3) is 6.31. The highest BCUT2D eigenvalue weighted by Crippen LogP contribution is 2.21. The number of hydrogen-bond donors (Lipinski definition) is 1. The van der Waals surface area contributed by atoms with Crippen LogP contribution in [0.4, 0.5) is 8.78 Å². The molecule has 20 heavy (non-hydrogen) atoms. The molecular weight excluding hydrogens is 324 g/mol. The second kappa shape index (κ2) is 9.46. The minimum atomic E-state index is -0.505. The second-order valence-corrected chi connectivity index (χ2v) is 6.45. The largest absolute Gasteiger partial charge is 0.312 e. The zero-order valence-corrected chi connectivity index (χ0v) is 13.9. The minimum Gasteiger partial charge on any atom is -0.312 e. The highest BCUT2D eigenvalue weighted by atomic mass is 79.9. The molecule has 0 saturated carbocycles. The van der Waals surface area contributed by atoms with Crippen LogP contribution >= 0.6 is 15.9 Å². The van der Waals surface area contributed by atoms with Crippen LogP contribution in [0.15, 0.2) is 16.6 Å². The lowest BCUT2D eigenvalue weighted by molar-refractivity contribution is 0.503. The van der Waals surface area contributed by atoms with Crippen LogP contribution in [0.2, 0.25) is 0 Å². The summed E-state index contributed by atoms with van der Waals surface area (Å²) < 4.78 is 27.5. The lowest BCUT2D eigenvalue weighted by Crippen LogP contribution is -2.17. The summed E-state index contributed by atoms with van der Waals surface area (Å²) in [5.74, 6) is -0.222. The van der Waals surface area contributed by atoms with E-state index >= 15 is 0 Å². The molecule has 0 aliphatic rings. The van der Waals surface area contributed by atoms with Gasteiger partial charge in [-0.1, -0.05) is 39.5 Å². The van der Waals surface area contributed by atoms with Crippen LogP contribution in [0.5, 0.6) is 0 Å². The topological polar surface area (TPSA) is 12.0 Å². The van der Waals surface area contributed by atoms with Crippen molar-refractivity contribution in [3.8, 4) is 0 Å². The number of halogens is 3. The molecule has 0 bridgehead atoms. The van der Waals surface area contributed by atoms with Gasteiger partial charge in [-0.15, -0.1) is 0 Å². The standard InChI is InChI=1S/C16H24BrF2N/c1-12(2)7-5-3-4-6-10-20-11-13-15(18)9-8-14(17)16(13)19/h8-9,12,20H,3-7,10-11H2,1-2H3. The van der Waals surface area contributed by atoms with E-state index in [0.29, 0.717) is 4.47 Å². The first-order valence-corrected chi connectivity index (χ1v) is 8.14. The van der Waals surface area contributed by atoms with E-state index in [-0.39, 0.29) is 12.1 Å². The van der Waals surface area contributed by atoms with Crippen LogP contribution < -0.4 is 5.32 Å². The summed E-state index contributed by atoms with van der Waals surface area (Å²) in [4.78, 5) is 0. The molecule has 0 aliphatic heterocycles. The highest BCUT2D eigenvalue weighted by Gasteiger charge is 2.11. The van der Waals surface area contributed by atoms with Crippen molar-refractivity contribution in [2.45, 2.75) is 52.5 Å². The van der Waals surface area contributed by atoms with Crippen molar-refractivity contribution in [3.63, 3.8) is 0 Å². The van der Waals surface area contributed by atoms with E-state index in [0.717, 1.165) is 18.9 Å². The Hall–Kier alpha value is -0.480. The zero-order valence-electron chi connectivity index (χ0n) is 12.3. The van der Waals surface area contributed by atoms with Gasteiger partial charge in [-0.3, -0.25) is 0 Å². The van der Waals surface area contributed by atoms with E-state index in [1.807, 2.05) is 0 Å². The van der Waals surface area contributed by atoms with Crippen molar-refractivity contribution in [1.82, 2.24) is 5.32 Å². The molecule has 1 aromatic rings. The van der Waals surface area contributed by atoms with Gasteiger partial charge in [-0.2, -0.15) is 0 Å². The van der Waals surface area contributed by atoms with Gasteiger partial charge >= 0.3 is 0 Å². The number of rotatable bonds is 9. The van der Waals surface area contributed by atoms with Crippen molar-refractivity contribution < 1.29 is 8.78 Å². The molecule has 1 N–H and O–H groups in total. The van der Waals surface area contributed by atoms with Crippen LogP contribution in [0.3, 0.4) is 0 Å². The third-order valence-electron chi connectivity index (χ3n) is 3.33. The van der Waals surface area contributed by atoms with E-state index < -0.39 is 11.6 Å². The molecule has 0 aliphatic carbocycles. The van der Waals surface area contributed by atoms with E-state index in [2.05, 4.69) is 35.1 Å². The number of benzene rings is 1. The lowest BCUT2D eigenvalue weighted by atomic mass is 10.0. The summed E-state index contributed by atoms with van der Waals surface area (Å²) >= 11 is 3.07. The molecule has 0 spiro atoms. The van der Waals surface area contributed by atoms with Gasteiger partial charge in [0.15, 0.2) is 0 Å². The molecule has 0 amide bonds. The lowest BCUT2D eigenvalue weighted by Gasteiger charge is -2.08. The van der Waals surface area contributed by atoms with Crippen molar-refractivity contribution in [2.75, 3.05) is 6.54 Å². The SMILES string of the molecule is CC(C)CCCCCCNCc1c(F)ccc(Br)c1F. The summed E-state index contributed by atoms with van der Waals surface area (Å²) in [6.07, 6.45) is 6.01. The van der Waals surface area contributed by atoms with Crippen LogP contribution in [-0.4, -0.2) is 6.54 Å². The number of hydrogen-bond acceptors (Lipinski definition) is 1. The Morgan fingerprint density at radius 1 is 1.10 bits per heavy atom. The maximum atomic E-state index is 13.7. The van der Waals surface area contributed by atoms with Gasteiger partial charge in [-0.05, 0) is 46.9 Å². The fourth-order valence-electron chi connectivity index (χ4n) is 2.10. The van der Waals surface area contributed by atoms with Crippen LogP contribution in [0.1, 0.15) is 51.5 Å². The van der Waals surface area contributed by atoms with Gasteiger partial charge in [-0.25, -0.2) is 8.78 Å². The van der Waals surface area contributed by atoms with Gasteiger partial charge < -0.3 is 5.32 Å². The highest BCUT2D eigenvalue weighted by molar-refractivity contribution is 9.10. The van der Waals surface area contributed by atoms with Crippen molar-refractivity contribution >= 4 is 15.9 Å². The first kappa shape index (κ1) is 17.6. The summed E-state index contributed by atoms with van der Waals surface area (Å²) in [5, 5.41) is 3.11. The molecule has 1 aromatic carbocycles. The second-order valence-electron chi connectivity index (χ2n) is 5.60. The van der Waals surface area contributed by atoms with Gasteiger partial charge in [0.2, 0.25) is 0 Å². The Kier molecular flexibility index (Phi) is 8.31. The quantitative estimate of drug-likeness (QED) is 0.464. The molecule has 0 atom stereocenters. The maximum Gasteiger partial charge on any atom is 0.144 e. The Bertz CT molecular complexity index is 408. The number of unbranched alkanes of at least 4 members (excludes halogenated alkanes) is 3. The average molecular weight is 348 g/mol. The van der Waals surface area contributed by atoms with Gasteiger partial charge in [0.25, 0.3) is 0 Å². The first-order valence-electron chi connectivity index (χ1n) is 7.35. The molecule has 1 rings (SSSR count). The summed E-state index contributed by atoms with van der Waals surface area (Å²) in [6.45, 7) is 5.52. The van der Waals surface area contributed by atoms with Crippen molar-refractivity contribution in [1.29, 1.82) is 0 Å². The molecule has 4 heteroatoms. The predicted molar refractivity (Wildman–Crippen MR) is 83.7 cm³/mol. The Labute approximate surface area is 129 Å². The molecule has 0 fully saturated rings. The molecule has 0 aromatic heterocycles. The molecular formula is C16H24BrF2N. The van der Waals surface area contributed by atoms with Gasteiger partial charge in [0.1, 0.15) is 11.6 Å². The van der Waals surface area contributed by atoms with Gasteiger partial charge in [0.05, 0.1) is 4.47 Å². The third-order valence-corrected chi connectivity index (χ3v) is 3.94. The summed E-state index contributed by atoms with van der Waals surface area (Å²) in [7, 11) is 0. The van der Waals surface area contributed by atoms with E-state index in [1.165, 1.54) is 37.8 Å². The molecule has 114 valence electrons.